The Bertz CT molecular complexity index is 516. The molecule has 0 fully saturated rings. The Balaban J connectivity index is 1.75. The number of halogens is 2. The Hall–Kier alpha value is -1.52. The first-order valence-electron chi connectivity index (χ1n) is 6.01. The van der Waals surface area contributed by atoms with Gasteiger partial charge in [0, 0.05) is 6.54 Å². The van der Waals surface area contributed by atoms with Gasteiger partial charge in [0.2, 0.25) is 0 Å². The van der Waals surface area contributed by atoms with Gasteiger partial charge in [0.05, 0.1) is 17.3 Å². The van der Waals surface area contributed by atoms with Gasteiger partial charge in [-0.15, -0.1) is 0 Å². The minimum Gasteiger partial charge on any atom is -0.491 e. The van der Waals surface area contributed by atoms with Crippen molar-refractivity contribution < 1.29 is 13.5 Å². The normalized spacial score (nSPS) is 12.4. The highest BCUT2D eigenvalue weighted by Gasteiger charge is 2.07. The first-order valence-corrected chi connectivity index (χ1v) is 6.39. The molecule has 3 nitrogen and oxygen atoms in total. The van der Waals surface area contributed by atoms with Crippen molar-refractivity contribution >= 4 is 11.6 Å². The lowest BCUT2D eigenvalue weighted by Gasteiger charge is -2.12. The molecule has 0 aliphatic heterocycles. The van der Waals surface area contributed by atoms with Crippen molar-refractivity contribution in [2.45, 2.75) is 13.0 Å². The molecule has 0 aliphatic carbocycles. The third-order valence-electron chi connectivity index (χ3n) is 2.67. The molecule has 0 radical (unpaired) electrons. The summed E-state index contributed by atoms with van der Waals surface area (Å²) in [6.45, 7) is 3.08. The molecule has 0 aliphatic rings. The van der Waals surface area contributed by atoms with E-state index in [0.717, 1.165) is 5.76 Å². The highest BCUT2D eigenvalue weighted by Crippen LogP contribution is 2.24. The quantitative estimate of drug-likeness (QED) is 0.819. The smallest absolute Gasteiger partial charge is 0.138 e. The molecule has 1 unspecified atom stereocenters. The number of benzene rings is 1. The van der Waals surface area contributed by atoms with Crippen molar-refractivity contribution in [1.29, 1.82) is 0 Å². The Morgan fingerprint density at radius 2 is 2.26 bits per heavy atom. The van der Waals surface area contributed by atoms with Crippen LogP contribution in [0.5, 0.6) is 5.75 Å². The van der Waals surface area contributed by atoms with E-state index in [9.17, 15) is 4.39 Å². The van der Waals surface area contributed by atoms with Crippen LogP contribution in [0.3, 0.4) is 0 Å². The highest BCUT2D eigenvalue weighted by atomic mass is 35.5. The molecule has 1 aromatic carbocycles. The summed E-state index contributed by atoms with van der Waals surface area (Å²) >= 11 is 5.85. The van der Waals surface area contributed by atoms with Gasteiger partial charge >= 0.3 is 0 Å². The number of furan rings is 1. The standard InChI is InChI=1S/C14H15ClFNO2/c1-10(13-3-2-7-18-13)17-6-8-19-14-5-4-11(16)9-12(14)15/h2-5,7,9-10,17H,6,8H2,1H3. The van der Waals surface area contributed by atoms with Crippen LogP contribution in [0.1, 0.15) is 18.7 Å². The molecule has 1 heterocycles. The number of hydrogen-bond acceptors (Lipinski definition) is 3. The zero-order valence-electron chi connectivity index (χ0n) is 10.5. The molecule has 1 aromatic heterocycles. The first kappa shape index (κ1) is 13.9. The first-order chi connectivity index (χ1) is 9.16. The number of nitrogens with one attached hydrogen (secondary N) is 1. The van der Waals surface area contributed by atoms with Crippen LogP contribution in [0.15, 0.2) is 41.0 Å². The third kappa shape index (κ3) is 3.98. The van der Waals surface area contributed by atoms with Crippen molar-refractivity contribution in [3.8, 4) is 5.75 Å². The second-order valence-corrected chi connectivity index (χ2v) is 4.52. The van der Waals surface area contributed by atoms with Gasteiger partial charge in [-0.25, -0.2) is 4.39 Å². The SMILES string of the molecule is CC(NCCOc1ccc(F)cc1Cl)c1ccco1. The van der Waals surface area contributed by atoms with E-state index in [1.807, 2.05) is 19.1 Å². The maximum atomic E-state index is 12.8. The summed E-state index contributed by atoms with van der Waals surface area (Å²) in [4.78, 5) is 0. The van der Waals surface area contributed by atoms with Crippen molar-refractivity contribution in [1.82, 2.24) is 5.32 Å². The Labute approximate surface area is 116 Å². The van der Waals surface area contributed by atoms with Gasteiger partial charge < -0.3 is 14.5 Å². The van der Waals surface area contributed by atoms with Crippen LogP contribution in [0.4, 0.5) is 4.39 Å². The van der Waals surface area contributed by atoms with Gasteiger partial charge in [0.15, 0.2) is 0 Å². The number of ether oxygens (including phenoxy) is 1. The molecule has 0 saturated carbocycles. The second kappa shape index (κ2) is 6.59. The van der Waals surface area contributed by atoms with Crippen molar-refractivity contribution in [3.05, 3.63) is 53.2 Å². The minimum absolute atomic E-state index is 0.113. The summed E-state index contributed by atoms with van der Waals surface area (Å²) in [5.41, 5.74) is 0. The minimum atomic E-state index is -0.373. The van der Waals surface area contributed by atoms with E-state index >= 15 is 0 Å². The lowest BCUT2D eigenvalue weighted by atomic mass is 10.2. The van der Waals surface area contributed by atoms with Gasteiger partial charge in [-0.2, -0.15) is 0 Å². The zero-order chi connectivity index (χ0) is 13.7. The average molecular weight is 284 g/mol. The average Bonchev–Trinajstić information content (AvgIpc) is 2.90. The molecule has 0 spiro atoms. The molecule has 1 atom stereocenters. The lowest BCUT2D eigenvalue weighted by Crippen LogP contribution is -2.24. The van der Waals surface area contributed by atoms with Gasteiger partial charge in [0.1, 0.15) is 23.9 Å². The van der Waals surface area contributed by atoms with E-state index < -0.39 is 0 Å². The van der Waals surface area contributed by atoms with Gasteiger partial charge in [0.25, 0.3) is 0 Å². The fourth-order valence-electron chi connectivity index (χ4n) is 1.67. The van der Waals surface area contributed by atoms with Crippen molar-refractivity contribution in [3.63, 3.8) is 0 Å². The second-order valence-electron chi connectivity index (χ2n) is 4.11. The van der Waals surface area contributed by atoms with Crippen molar-refractivity contribution in [2.24, 2.45) is 0 Å². The van der Waals surface area contributed by atoms with Crippen LogP contribution < -0.4 is 10.1 Å². The van der Waals surface area contributed by atoms with Gasteiger partial charge in [-0.1, -0.05) is 11.6 Å². The van der Waals surface area contributed by atoms with Gasteiger partial charge in [-0.3, -0.25) is 0 Å². The summed E-state index contributed by atoms with van der Waals surface area (Å²) in [7, 11) is 0. The fourth-order valence-corrected chi connectivity index (χ4v) is 1.89. The van der Waals surface area contributed by atoms with Crippen LogP contribution >= 0.6 is 11.6 Å². The van der Waals surface area contributed by atoms with E-state index in [1.54, 1.807) is 6.26 Å². The van der Waals surface area contributed by atoms with Crippen LogP contribution in [0.2, 0.25) is 5.02 Å². The van der Waals surface area contributed by atoms with Crippen LogP contribution in [0, 0.1) is 5.82 Å². The molecule has 102 valence electrons. The van der Waals surface area contributed by atoms with Gasteiger partial charge in [-0.05, 0) is 37.3 Å². The molecule has 19 heavy (non-hydrogen) atoms. The van der Waals surface area contributed by atoms with E-state index in [1.165, 1.54) is 18.2 Å². The topological polar surface area (TPSA) is 34.4 Å². The van der Waals surface area contributed by atoms with E-state index in [2.05, 4.69) is 5.32 Å². The fraction of sp³-hybridized carbons (Fsp3) is 0.286. The van der Waals surface area contributed by atoms with Crippen LogP contribution in [-0.2, 0) is 0 Å². The molecule has 0 saturated heterocycles. The summed E-state index contributed by atoms with van der Waals surface area (Å²) in [6.07, 6.45) is 1.64. The van der Waals surface area contributed by atoms with Crippen molar-refractivity contribution in [2.75, 3.05) is 13.2 Å². The molecule has 2 aromatic rings. The molecule has 1 N–H and O–H groups in total. The number of hydrogen-bond donors (Lipinski definition) is 1. The van der Waals surface area contributed by atoms with E-state index in [-0.39, 0.29) is 16.9 Å². The predicted octanol–water partition coefficient (Wildman–Crippen LogP) is 3.80. The van der Waals surface area contributed by atoms with Crippen LogP contribution in [0.25, 0.3) is 0 Å². The number of rotatable bonds is 6. The largest absolute Gasteiger partial charge is 0.491 e. The van der Waals surface area contributed by atoms with Crippen LogP contribution in [-0.4, -0.2) is 13.2 Å². The monoisotopic (exact) mass is 283 g/mol. The molecule has 5 heteroatoms. The zero-order valence-corrected chi connectivity index (χ0v) is 11.3. The lowest BCUT2D eigenvalue weighted by molar-refractivity contribution is 0.301. The molecule has 0 bridgehead atoms. The molecular weight excluding hydrogens is 269 g/mol. The maximum Gasteiger partial charge on any atom is 0.138 e. The highest BCUT2D eigenvalue weighted by molar-refractivity contribution is 6.32. The Kier molecular flexibility index (Phi) is 4.82. The van der Waals surface area contributed by atoms with E-state index in [4.69, 9.17) is 20.8 Å². The summed E-state index contributed by atoms with van der Waals surface area (Å²) in [5, 5.41) is 3.53. The predicted molar refractivity (Wildman–Crippen MR) is 72.0 cm³/mol. The summed E-state index contributed by atoms with van der Waals surface area (Å²) < 4.78 is 23.6. The van der Waals surface area contributed by atoms with E-state index in [0.29, 0.717) is 18.9 Å². The molecule has 2 rings (SSSR count). The summed E-state index contributed by atoms with van der Waals surface area (Å²) in [5.74, 6) is 0.984. The Morgan fingerprint density at radius 3 is 2.95 bits per heavy atom. The third-order valence-corrected chi connectivity index (χ3v) is 2.97. The maximum absolute atomic E-state index is 12.8. The Morgan fingerprint density at radius 1 is 1.42 bits per heavy atom. The molecule has 0 amide bonds. The molecular formula is C14H15ClFNO2. The summed E-state index contributed by atoms with van der Waals surface area (Å²) in [6, 6.07) is 7.95.